The molecule has 0 amide bonds. The van der Waals surface area contributed by atoms with Crippen molar-refractivity contribution in [3.05, 3.63) is 39.9 Å². The molecule has 0 aliphatic rings. The number of carbonyl (C=O) groups is 1. The van der Waals surface area contributed by atoms with Crippen LogP contribution in [0.15, 0.2) is 24.3 Å². The van der Waals surface area contributed by atoms with E-state index >= 15 is 0 Å². The molecule has 0 saturated carbocycles. The van der Waals surface area contributed by atoms with Crippen molar-refractivity contribution in [1.82, 2.24) is 0 Å². The Labute approximate surface area is 123 Å². The van der Waals surface area contributed by atoms with Gasteiger partial charge >= 0.3 is 5.97 Å². The third-order valence-electron chi connectivity index (χ3n) is 2.70. The largest absolute Gasteiger partial charge is 0.462 e. The molecule has 116 valence electrons. The van der Waals surface area contributed by atoms with Crippen molar-refractivity contribution in [1.29, 1.82) is 0 Å². The molecule has 21 heavy (non-hydrogen) atoms. The van der Waals surface area contributed by atoms with Gasteiger partial charge in [0.2, 0.25) is 0 Å². The number of esters is 1. The summed E-state index contributed by atoms with van der Waals surface area (Å²) in [7, 11) is 0. The van der Waals surface area contributed by atoms with Crippen LogP contribution in [0.4, 0.5) is 5.69 Å². The SMILES string of the molecule is CCOC(=O)C(OCC)(OCC)c1ccc([N+](=O)[O-])cc1. The van der Waals surface area contributed by atoms with Gasteiger partial charge in [0.25, 0.3) is 11.5 Å². The minimum absolute atomic E-state index is 0.0792. The van der Waals surface area contributed by atoms with Gasteiger partial charge in [0.15, 0.2) is 0 Å². The number of nitro benzene ring substituents is 1. The molecule has 0 atom stereocenters. The second-order valence-electron chi connectivity index (χ2n) is 4.01. The topological polar surface area (TPSA) is 87.9 Å². The average Bonchev–Trinajstić information content (AvgIpc) is 2.47. The second-order valence-corrected chi connectivity index (χ2v) is 4.01. The molecule has 0 heterocycles. The standard InChI is InChI=1S/C14H19NO6/c1-4-19-13(16)14(20-5-2,21-6-3)11-7-9-12(10-8-11)15(17)18/h7-10H,4-6H2,1-3H3. The predicted molar refractivity (Wildman–Crippen MR) is 74.7 cm³/mol. The average molecular weight is 297 g/mol. The smallest absolute Gasteiger partial charge is 0.372 e. The first-order chi connectivity index (χ1) is 10.0. The van der Waals surface area contributed by atoms with Gasteiger partial charge in [-0.15, -0.1) is 0 Å². The highest BCUT2D eigenvalue weighted by atomic mass is 16.7. The molecule has 0 radical (unpaired) electrons. The summed E-state index contributed by atoms with van der Waals surface area (Å²) < 4.78 is 16.0. The summed E-state index contributed by atoms with van der Waals surface area (Å²) in [5, 5.41) is 10.7. The van der Waals surface area contributed by atoms with Crippen LogP contribution in [0.2, 0.25) is 0 Å². The lowest BCUT2D eigenvalue weighted by Gasteiger charge is -2.30. The van der Waals surface area contributed by atoms with Crippen LogP contribution in [0, 0.1) is 10.1 Å². The molecule has 1 aromatic rings. The van der Waals surface area contributed by atoms with E-state index in [2.05, 4.69) is 0 Å². The minimum atomic E-state index is -1.70. The monoisotopic (exact) mass is 297 g/mol. The van der Waals surface area contributed by atoms with Crippen molar-refractivity contribution in [2.24, 2.45) is 0 Å². The quantitative estimate of drug-likeness (QED) is 0.317. The summed E-state index contributed by atoms with van der Waals surface area (Å²) in [4.78, 5) is 22.4. The van der Waals surface area contributed by atoms with E-state index in [1.54, 1.807) is 20.8 Å². The summed E-state index contributed by atoms with van der Waals surface area (Å²) in [5.41, 5.74) is 0.278. The van der Waals surface area contributed by atoms with E-state index in [0.29, 0.717) is 5.56 Å². The molecule has 0 bridgehead atoms. The fraction of sp³-hybridized carbons (Fsp3) is 0.500. The van der Waals surface area contributed by atoms with E-state index in [9.17, 15) is 14.9 Å². The van der Waals surface area contributed by atoms with Crippen LogP contribution in [-0.2, 0) is 24.8 Å². The zero-order chi connectivity index (χ0) is 15.9. The first kappa shape index (κ1) is 17.1. The molecule has 7 nitrogen and oxygen atoms in total. The number of rotatable bonds is 8. The Balaban J connectivity index is 3.26. The number of benzene rings is 1. The lowest BCUT2D eigenvalue weighted by Crippen LogP contribution is -2.43. The second kappa shape index (κ2) is 7.70. The third kappa shape index (κ3) is 3.77. The lowest BCUT2D eigenvalue weighted by atomic mass is 10.0. The van der Waals surface area contributed by atoms with E-state index in [4.69, 9.17) is 14.2 Å². The van der Waals surface area contributed by atoms with Crippen molar-refractivity contribution in [2.45, 2.75) is 26.6 Å². The normalized spacial score (nSPS) is 11.2. The van der Waals surface area contributed by atoms with Crippen molar-refractivity contribution in [2.75, 3.05) is 19.8 Å². The molecular formula is C14H19NO6. The zero-order valence-corrected chi connectivity index (χ0v) is 12.3. The van der Waals surface area contributed by atoms with Gasteiger partial charge in [-0.2, -0.15) is 0 Å². The first-order valence-electron chi connectivity index (χ1n) is 6.71. The number of ether oxygens (including phenoxy) is 3. The van der Waals surface area contributed by atoms with Crippen LogP contribution >= 0.6 is 0 Å². The summed E-state index contributed by atoms with van der Waals surface area (Å²) in [6, 6.07) is 5.45. The molecule has 0 N–H and O–H groups in total. The molecule has 0 saturated heterocycles. The van der Waals surface area contributed by atoms with Crippen LogP contribution in [0.1, 0.15) is 26.3 Å². The zero-order valence-electron chi connectivity index (χ0n) is 12.3. The van der Waals surface area contributed by atoms with Crippen LogP contribution in [0.5, 0.6) is 0 Å². The van der Waals surface area contributed by atoms with Gasteiger partial charge in [-0.1, -0.05) is 0 Å². The molecule has 7 heteroatoms. The Bertz CT molecular complexity index is 479. The molecule has 1 rings (SSSR count). The summed E-state index contributed by atoms with van der Waals surface area (Å²) in [5.74, 6) is -2.38. The van der Waals surface area contributed by atoms with Crippen molar-refractivity contribution < 1.29 is 23.9 Å². The lowest BCUT2D eigenvalue weighted by molar-refractivity contribution is -0.384. The van der Waals surface area contributed by atoms with E-state index in [1.165, 1.54) is 24.3 Å². The number of nitrogens with zero attached hydrogens (tertiary/aromatic N) is 1. The Kier molecular flexibility index (Phi) is 6.26. The fourth-order valence-corrected chi connectivity index (χ4v) is 1.88. The molecule has 1 aromatic carbocycles. The molecule has 0 spiro atoms. The number of non-ortho nitro benzene ring substituents is 1. The highest BCUT2D eigenvalue weighted by Crippen LogP contribution is 2.30. The van der Waals surface area contributed by atoms with Gasteiger partial charge in [-0.3, -0.25) is 10.1 Å². The Hall–Kier alpha value is -1.99. The molecule has 0 fully saturated rings. The third-order valence-corrected chi connectivity index (χ3v) is 2.70. The number of nitro groups is 1. The van der Waals surface area contributed by atoms with E-state index < -0.39 is 16.7 Å². The Morgan fingerprint density at radius 3 is 2.00 bits per heavy atom. The van der Waals surface area contributed by atoms with E-state index in [-0.39, 0.29) is 25.5 Å². The maximum absolute atomic E-state index is 12.3. The molecule has 0 aromatic heterocycles. The summed E-state index contributed by atoms with van der Waals surface area (Å²) in [6.07, 6.45) is 0. The number of hydrogen-bond donors (Lipinski definition) is 0. The molecule has 0 aliphatic carbocycles. The highest BCUT2D eigenvalue weighted by Gasteiger charge is 2.44. The van der Waals surface area contributed by atoms with E-state index in [0.717, 1.165) is 0 Å². The van der Waals surface area contributed by atoms with Crippen LogP contribution in [-0.4, -0.2) is 30.7 Å². The van der Waals surface area contributed by atoms with Crippen LogP contribution < -0.4 is 0 Å². The number of carbonyl (C=O) groups excluding carboxylic acids is 1. The van der Waals surface area contributed by atoms with Crippen molar-refractivity contribution in [3.8, 4) is 0 Å². The first-order valence-corrected chi connectivity index (χ1v) is 6.71. The van der Waals surface area contributed by atoms with Gasteiger partial charge in [0.05, 0.1) is 11.5 Å². The Morgan fingerprint density at radius 1 is 1.10 bits per heavy atom. The van der Waals surface area contributed by atoms with Gasteiger partial charge in [-0.25, -0.2) is 4.79 Å². The molecule has 0 aliphatic heterocycles. The van der Waals surface area contributed by atoms with Gasteiger partial charge in [-0.05, 0) is 32.9 Å². The van der Waals surface area contributed by atoms with Gasteiger partial charge in [0.1, 0.15) is 0 Å². The maximum Gasteiger partial charge on any atom is 0.372 e. The fourth-order valence-electron chi connectivity index (χ4n) is 1.88. The van der Waals surface area contributed by atoms with Crippen LogP contribution in [0.3, 0.4) is 0 Å². The van der Waals surface area contributed by atoms with Crippen molar-refractivity contribution in [3.63, 3.8) is 0 Å². The van der Waals surface area contributed by atoms with E-state index in [1.807, 2.05) is 0 Å². The molecule has 0 unspecified atom stereocenters. The van der Waals surface area contributed by atoms with Crippen molar-refractivity contribution >= 4 is 11.7 Å². The summed E-state index contributed by atoms with van der Waals surface area (Å²) in [6.45, 7) is 5.73. The molecular weight excluding hydrogens is 278 g/mol. The van der Waals surface area contributed by atoms with Crippen LogP contribution in [0.25, 0.3) is 0 Å². The highest BCUT2D eigenvalue weighted by molar-refractivity contribution is 5.80. The van der Waals surface area contributed by atoms with Gasteiger partial charge < -0.3 is 14.2 Å². The maximum atomic E-state index is 12.3. The predicted octanol–water partition coefficient (Wildman–Crippen LogP) is 2.38. The summed E-state index contributed by atoms with van der Waals surface area (Å²) >= 11 is 0. The Morgan fingerprint density at radius 2 is 1.62 bits per heavy atom. The van der Waals surface area contributed by atoms with Gasteiger partial charge in [0, 0.05) is 30.9 Å². The number of hydrogen-bond acceptors (Lipinski definition) is 6. The minimum Gasteiger partial charge on any atom is -0.462 e.